The van der Waals surface area contributed by atoms with E-state index in [1.807, 2.05) is 36.4 Å². The molecule has 0 aliphatic heterocycles. The van der Waals surface area contributed by atoms with Crippen molar-refractivity contribution in [2.45, 2.75) is 0 Å². The summed E-state index contributed by atoms with van der Waals surface area (Å²) in [6.45, 7) is 0. The lowest BCUT2D eigenvalue weighted by Gasteiger charge is -2.19. The Morgan fingerprint density at radius 3 is 1.17 bits per heavy atom. The highest BCUT2D eigenvalue weighted by Gasteiger charge is 2.27. The number of nitrogens with zero attached hydrogens (tertiary/aromatic N) is 7. The molecule has 0 spiro atoms. The molecule has 4 aromatic heterocycles. The molecule has 14 aromatic rings. The third kappa shape index (κ3) is 5.42. The molecule has 0 aliphatic rings. The van der Waals surface area contributed by atoms with Crippen molar-refractivity contribution in [1.29, 1.82) is 15.8 Å². The predicted octanol–water partition coefficient (Wildman–Crippen LogP) is 15.4. The van der Waals surface area contributed by atoms with Crippen LogP contribution in [-0.2, 0) is 0 Å². The van der Waals surface area contributed by atoms with Crippen LogP contribution in [0.1, 0.15) is 16.7 Å². The summed E-state index contributed by atoms with van der Waals surface area (Å²) in [5, 5.41) is 41.1. The van der Waals surface area contributed by atoms with E-state index in [1.54, 1.807) is 6.07 Å². The SMILES string of the molecule is N#Cc1cc(C#N)cc(-c2cc(-n3c4ccccc4c4ccc5c(c6ccccc6n5-c5ccccc5)c43)c(C#N)cc2-n2c3ccccc3c3ccc4c(c5ccccc5n4-c4ccccc4)c32)c1. The second-order valence-electron chi connectivity index (χ2n) is 17.8. The van der Waals surface area contributed by atoms with E-state index in [0.717, 1.165) is 110 Å². The van der Waals surface area contributed by atoms with Crippen LogP contribution in [0.5, 0.6) is 0 Å². The number of rotatable bonds is 5. The molecule has 0 aliphatic carbocycles. The van der Waals surface area contributed by atoms with Gasteiger partial charge in [0.1, 0.15) is 6.07 Å². The van der Waals surface area contributed by atoms with Crippen LogP contribution in [-0.4, -0.2) is 18.3 Å². The molecule has 0 amide bonds. The number of hydrogen-bond acceptors (Lipinski definition) is 3. The van der Waals surface area contributed by atoms with Crippen molar-refractivity contribution in [3.8, 4) is 52.1 Å². The first kappa shape index (κ1) is 39.1. The molecule has 14 rings (SSSR count). The zero-order chi connectivity index (χ0) is 46.6. The Balaban J connectivity index is 1.17. The van der Waals surface area contributed by atoms with Crippen molar-refractivity contribution < 1.29 is 0 Å². The number of aromatic nitrogens is 4. The average molecular weight is 890 g/mol. The molecule has 7 heteroatoms. The van der Waals surface area contributed by atoms with Gasteiger partial charge in [-0.1, -0.05) is 121 Å². The highest BCUT2D eigenvalue weighted by Crippen LogP contribution is 2.47. The van der Waals surface area contributed by atoms with Crippen LogP contribution in [0.3, 0.4) is 0 Å². The lowest BCUT2D eigenvalue weighted by molar-refractivity contribution is 1.14. The van der Waals surface area contributed by atoms with E-state index in [1.165, 1.54) is 0 Å². The molecule has 0 N–H and O–H groups in total. The van der Waals surface area contributed by atoms with Crippen LogP contribution >= 0.6 is 0 Å². The Kier molecular flexibility index (Phi) is 8.34. The number of benzene rings is 10. The lowest BCUT2D eigenvalue weighted by Crippen LogP contribution is -2.04. The highest BCUT2D eigenvalue weighted by atomic mass is 15.0. The Bertz CT molecular complexity index is 4640. The van der Waals surface area contributed by atoms with Gasteiger partial charge in [-0.05, 0) is 96.6 Å². The average Bonchev–Trinajstić information content (AvgIpc) is 4.16. The van der Waals surface area contributed by atoms with Crippen molar-refractivity contribution in [2.75, 3.05) is 0 Å². The summed E-state index contributed by atoms with van der Waals surface area (Å²) in [5.41, 5.74) is 14.3. The zero-order valence-corrected chi connectivity index (χ0v) is 37.3. The fraction of sp³-hybridized carbons (Fsp3) is 0. The van der Waals surface area contributed by atoms with Gasteiger partial charge >= 0.3 is 0 Å². The second kappa shape index (κ2) is 14.9. The zero-order valence-electron chi connectivity index (χ0n) is 37.3. The molecule has 0 unspecified atom stereocenters. The Morgan fingerprint density at radius 1 is 0.300 bits per heavy atom. The third-order valence-corrected chi connectivity index (χ3v) is 14.2. The van der Waals surface area contributed by atoms with Gasteiger partial charge in [0.2, 0.25) is 0 Å². The van der Waals surface area contributed by atoms with E-state index >= 15 is 0 Å². The van der Waals surface area contributed by atoms with Crippen molar-refractivity contribution in [3.63, 3.8) is 0 Å². The number of hydrogen-bond donors (Lipinski definition) is 0. The quantitative estimate of drug-likeness (QED) is 0.172. The van der Waals surface area contributed by atoms with Gasteiger partial charge in [-0.2, -0.15) is 15.8 Å². The van der Waals surface area contributed by atoms with Gasteiger partial charge in [0.25, 0.3) is 0 Å². The van der Waals surface area contributed by atoms with Crippen LogP contribution in [0.25, 0.3) is 121 Å². The molecule has 0 atom stereocenters. The van der Waals surface area contributed by atoms with E-state index < -0.39 is 0 Å². The van der Waals surface area contributed by atoms with Crippen LogP contribution < -0.4 is 0 Å². The minimum Gasteiger partial charge on any atom is -0.309 e. The monoisotopic (exact) mass is 889 g/mol. The molecule has 0 saturated carbocycles. The van der Waals surface area contributed by atoms with E-state index in [2.05, 4.69) is 206 Å². The second-order valence-corrected chi connectivity index (χ2v) is 17.8. The Morgan fingerprint density at radius 2 is 0.714 bits per heavy atom. The summed E-state index contributed by atoms with van der Waals surface area (Å²) in [7, 11) is 0. The van der Waals surface area contributed by atoms with Crippen LogP contribution in [0.15, 0.2) is 212 Å². The van der Waals surface area contributed by atoms with E-state index in [0.29, 0.717) is 27.9 Å². The van der Waals surface area contributed by atoms with Crippen LogP contribution in [0, 0.1) is 34.0 Å². The van der Waals surface area contributed by atoms with Gasteiger partial charge in [0, 0.05) is 60.0 Å². The maximum absolute atomic E-state index is 11.6. The molecule has 322 valence electrons. The number of para-hydroxylation sites is 6. The molecule has 0 radical (unpaired) electrons. The molecular formula is C63H35N7. The largest absolute Gasteiger partial charge is 0.309 e. The lowest BCUT2D eigenvalue weighted by atomic mass is 9.96. The summed E-state index contributed by atoms with van der Waals surface area (Å²) in [4.78, 5) is 0. The van der Waals surface area contributed by atoms with E-state index in [9.17, 15) is 15.8 Å². The molecule has 0 saturated heterocycles. The molecule has 7 nitrogen and oxygen atoms in total. The molecule has 0 bridgehead atoms. The molecule has 10 aromatic carbocycles. The van der Waals surface area contributed by atoms with Gasteiger partial charge in [0.05, 0.1) is 84.3 Å². The van der Waals surface area contributed by atoms with Crippen LogP contribution in [0.4, 0.5) is 0 Å². The summed E-state index contributed by atoms with van der Waals surface area (Å²) < 4.78 is 9.21. The van der Waals surface area contributed by atoms with Crippen LogP contribution in [0.2, 0.25) is 0 Å². The highest BCUT2D eigenvalue weighted by molar-refractivity contribution is 6.28. The maximum atomic E-state index is 11.6. The van der Waals surface area contributed by atoms with Crippen molar-refractivity contribution in [2.24, 2.45) is 0 Å². The molecular weight excluding hydrogens is 855 g/mol. The summed E-state index contributed by atoms with van der Waals surface area (Å²) in [6, 6.07) is 80.5. The summed E-state index contributed by atoms with van der Waals surface area (Å²) >= 11 is 0. The smallest absolute Gasteiger partial charge is 0.101 e. The van der Waals surface area contributed by atoms with Gasteiger partial charge in [-0.25, -0.2) is 0 Å². The van der Waals surface area contributed by atoms with Crippen molar-refractivity contribution in [1.82, 2.24) is 18.3 Å². The topological polar surface area (TPSA) is 91.1 Å². The first-order chi connectivity index (χ1) is 34.6. The molecule has 0 fully saturated rings. The summed E-state index contributed by atoms with van der Waals surface area (Å²) in [5.74, 6) is 0. The van der Waals surface area contributed by atoms with Gasteiger partial charge in [0.15, 0.2) is 0 Å². The maximum Gasteiger partial charge on any atom is 0.101 e. The first-order valence-corrected chi connectivity index (χ1v) is 23.2. The molecule has 4 heterocycles. The summed E-state index contributed by atoms with van der Waals surface area (Å²) in [6.07, 6.45) is 0. The third-order valence-electron chi connectivity index (χ3n) is 14.2. The Labute approximate surface area is 400 Å². The van der Waals surface area contributed by atoms with Gasteiger partial charge in [-0.3, -0.25) is 0 Å². The number of fused-ring (bicyclic) bond motifs is 14. The normalized spacial score (nSPS) is 11.7. The van der Waals surface area contributed by atoms with E-state index in [4.69, 9.17) is 0 Å². The minimum atomic E-state index is 0.369. The van der Waals surface area contributed by atoms with Gasteiger partial charge < -0.3 is 18.3 Å². The number of nitriles is 3. The van der Waals surface area contributed by atoms with E-state index in [-0.39, 0.29) is 0 Å². The first-order valence-electron chi connectivity index (χ1n) is 23.2. The minimum absolute atomic E-state index is 0.369. The fourth-order valence-electron chi connectivity index (χ4n) is 11.4. The fourth-order valence-corrected chi connectivity index (χ4v) is 11.4. The van der Waals surface area contributed by atoms with Crippen molar-refractivity contribution >= 4 is 87.2 Å². The standard InChI is InChI=1S/C63H35N7/c64-36-39-31-40(37-65)33-41(32-39)51-35-58(69-52-23-11-7-19-45(52)47-27-29-56-60(62(47)69)49-21-9-13-25-54(49)67(56)43-15-3-1-4-16-43)42(38-66)34-59(51)70-53-24-12-8-20-46(53)48-28-30-57-61(63(48)70)50-22-10-14-26-55(50)68(57)44-17-5-2-6-18-44/h1-35H. The molecule has 70 heavy (non-hydrogen) atoms. The predicted molar refractivity (Wildman–Crippen MR) is 283 cm³/mol. The Hall–Kier alpha value is -10.1. The van der Waals surface area contributed by atoms with Gasteiger partial charge in [-0.15, -0.1) is 0 Å². The van der Waals surface area contributed by atoms with Crippen molar-refractivity contribution in [3.05, 3.63) is 229 Å².